The van der Waals surface area contributed by atoms with Gasteiger partial charge in [0.2, 0.25) is 0 Å². The summed E-state index contributed by atoms with van der Waals surface area (Å²) in [6, 6.07) is 0. The van der Waals surface area contributed by atoms with Crippen LogP contribution in [0.25, 0.3) is 0 Å². The topological polar surface area (TPSA) is 54.4 Å². The summed E-state index contributed by atoms with van der Waals surface area (Å²) < 4.78 is 20.5. The smallest absolute Gasteiger partial charge is 0.169 e. The molecule has 0 heterocycles. The van der Waals surface area contributed by atoms with E-state index in [4.69, 9.17) is 16.7 Å². The molecule has 1 N–H and O–H groups in total. The summed E-state index contributed by atoms with van der Waals surface area (Å²) in [4.78, 5) is 0. The van der Waals surface area contributed by atoms with E-state index in [1.807, 2.05) is 0 Å². The van der Waals surface area contributed by atoms with E-state index in [2.05, 4.69) is 0 Å². The Morgan fingerprint density at radius 2 is 2.00 bits per heavy atom. The van der Waals surface area contributed by atoms with Crippen molar-refractivity contribution in [3.05, 3.63) is 0 Å². The number of rotatable bonds is 3. The molecule has 0 aliphatic carbocycles. The molecule has 3 nitrogen and oxygen atoms in total. The predicted molar refractivity (Wildman–Crippen MR) is 40.8 cm³/mol. The van der Waals surface area contributed by atoms with Crippen molar-refractivity contribution in [2.45, 2.75) is 24.7 Å². The first-order chi connectivity index (χ1) is 4.41. The molecule has 0 saturated heterocycles. The lowest BCUT2D eigenvalue weighted by Gasteiger charge is -2.10. The first-order valence-corrected chi connectivity index (χ1v) is 5.10. The summed E-state index contributed by atoms with van der Waals surface area (Å²) in [5, 5.41) is 8.78. The van der Waals surface area contributed by atoms with E-state index in [1.165, 1.54) is 13.8 Å². The van der Waals surface area contributed by atoms with Crippen LogP contribution in [-0.2, 0) is 9.84 Å². The maximum absolute atomic E-state index is 10.8. The third-order valence-corrected chi connectivity index (χ3v) is 4.19. The molecule has 0 amide bonds. The second-order valence-electron chi connectivity index (χ2n) is 2.04. The van der Waals surface area contributed by atoms with Gasteiger partial charge in [-0.1, -0.05) is 6.92 Å². The number of hydrogen-bond acceptors (Lipinski definition) is 3. The Bertz CT molecular complexity index is 185. The summed E-state index contributed by atoms with van der Waals surface area (Å²) in [5.41, 5.74) is 0. The Morgan fingerprint density at radius 1 is 1.60 bits per heavy atom. The van der Waals surface area contributed by atoms with Gasteiger partial charge in [0.15, 0.2) is 14.5 Å². The lowest BCUT2D eigenvalue weighted by Crippen LogP contribution is -2.27. The fraction of sp³-hybridized carbons (Fsp3) is 1.00. The zero-order chi connectivity index (χ0) is 8.36. The van der Waals surface area contributed by atoms with Gasteiger partial charge < -0.3 is 5.11 Å². The Labute approximate surface area is 65.9 Å². The van der Waals surface area contributed by atoms with E-state index in [1.54, 1.807) is 0 Å². The number of alkyl halides is 1. The molecule has 0 spiro atoms. The Kier molecular flexibility index (Phi) is 3.62. The summed E-state index contributed by atoms with van der Waals surface area (Å²) in [5.74, 6) is -0.0356. The van der Waals surface area contributed by atoms with Crippen LogP contribution in [0.4, 0.5) is 0 Å². The molecule has 0 bridgehead atoms. The minimum atomic E-state index is -3.28. The normalized spacial score (nSPS) is 18.4. The molecule has 5 heteroatoms. The maximum atomic E-state index is 10.8. The van der Waals surface area contributed by atoms with Crippen molar-refractivity contribution in [2.24, 2.45) is 0 Å². The van der Waals surface area contributed by atoms with Gasteiger partial charge >= 0.3 is 0 Å². The van der Waals surface area contributed by atoms with E-state index < -0.39 is 20.7 Å². The van der Waals surface area contributed by atoms with Crippen LogP contribution in [0.3, 0.4) is 0 Å². The molecule has 0 rings (SSSR count). The van der Waals surface area contributed by atoms with Crippen molar-refractivity contribution in [1.82, 2.24) is 0 Å². The van der Waals surface area contributed by atoms with Gasteiger partial charge in [0.25, 0.3) is 0 Å². The highest BCUT2D eigenvalue weighted by atomic mass is 35.5. The number of aliphatic hydroxyl groups is 1. The molecular formula is C5H11ClO3S. The molecule has 0 aromatic carbocycles. The van der Waals surface area contributed by atoms with Gasteiger partial charge in [0.1, 0.15) is 0 Å². The van der Waals surface area contributed by atoms with Crippen LogP contribution in [0.15, 0.2) is 0 Å². The predicted octanol–water partition coefficient (Wildman–Crippen LogP) is 0.367. The van der Waals surface area contributed by atoms with Crippen LogP contribution in [0.5, 0.6) is 0 Å². The largest absolute Gasteiger partial charge is 0.391 e. The van der Waals surface area contributed by atoms with Crippen molar-refractivity contribution in [3.63, 3.8) is 0 Å². The average Bonchev–Trinajstić information content (AvgIpc) is 1.86. The monoisotopic (exact) mass is 186 g/mol. The summed E-state index contributed by atoms with van der Waals surface area (Å²) in [7, 11) is -3.28. The molecule has 2 atom stereocenters. The molecule has 62 valence electrons. The third-order valence-electron chi connectivity index (χ3n) is 1.12. The minimum Gasteiger partial charge on any atom is -0.391 e. The standard InChI is InChI=1S/C5H11ClO3S/c1-3-10(8,9)5(6)4(2)7/h4-5,7H,3H2,1-2H3/t4-,5+/m0/s1. The van der Waals surface area contributed by atoms with Crippen molar-refractivity contribution in [3.8, 4) is 0 Å². The van der Waals surface area contributed by atoms with Crippen molar-refractivity contribution in [1.29, 1.82) is 0 Å². The van der Waals surface area contributed by atoms with Gasteiger partial charge in [-0.2, -0.15) is 0 Å². The molecule has 0 aromatic heterocycles. The van der Waals surface area contributed by atoms with Crippen molar-refractivity contribution in [2.75, 3.05) is 5.75 Å². The number of hydrogen-bond donors (Lipinski definition) is 1. The third kappa shape index (κ3) is 2.44. The maximum Gasteiger partial charge on any atom is 0.169 e. The van der Waals surface area contributed by atoms with Gasteiger partial charge in [0, 0.05) is 5.75 Å². The van der Waals surface area contributed by atoms with Gasteiger partial charge in [0.05, 0.1) is 6.10 Å². The first kappa shape index (κ1) is 10.2. The van der Waals surface area contributed by atoms with E-state index >= 15 is 0 Å². The van der Waals surface area contributed by atoms with Crippen molar-refractivity contribution >= 4 is 21.4 Å². The van der Waals surface area contributed by atoms with E-state index in [0.717, 1.165) is 0 Å². The van der Waals surface area contributed by atoms with Gasteiger partial charge in [-0.25, -0.2) is 8.42 Å². The molecule has 0 aliphatic heterocycles. The number of aliphatic hydroxyl groups excluding tert-OH is 1. The van der Waals surface area contributed by atoms with Crippen LogP contribution in [-0.4, -0.2) is 30.1 Å². The summed E-state index contributed by atoms with van der Waals surface area (Å²) in [6.07, 6.45) is -1.01. The highest BCUT2D eigenvalue weighted by Gasteiger charge is 2.25. The number of sulfone groups is 1. The van der Waals surface area contributed by atoms with Crippen LogP contribution in [0.1, 0.15) is 13.8 Å². The lowest BCUT2D eigenvalue weighted by atomic mass is 10.5. The summed E-state index contributed by atoms with van der Waals surface area (Å²) in [6.45, 7) is 2.85. The molecule has 0 aromatic rings. The minimum absolute atomic E-state index is 0.0356. The van der Waals surface area contributed by atoms with E-state index in [-0.39, 0.29) is 5.75 Å². The zero-order valence-electron chi connectivity index (χ0n) is 5.91. The fourth-order valence-electron chi connectivity index (χ4n) is 0.459. The summed E-state index contributed by atoms with van der Waals surface area (Å²) >= 11 is 5.37. The molecule has 0 radical (unpaired) electrons. The van der Waals surface area contributed by atoms with Gasteiger partial charge in [-0.3, -0.25) is 0 Å². The van der Waals surface area contributed by atoms with Crippen LogP contribution in [0, 0.1) is 0 Å². The molecule has 10 heavy (non-hydrogen) atoms. The Hall–Kier alpha value is 0.200. The molecule has 0 unspecified atom stereocenters. The van der Waals surface area contributed by atoms with E-state index in [0.29, 0.717) is 0 Å². The molecule has 0 saturated carbocycles. The van der Waals surface area contributed by atoms with E-state index in [9.17, 15) is 8.42 Å². The highest BCUT2D eigenvalue weighted by Crippen LogP contribution is 2.11. The van der Waals surface area contributed by atoms with Crippen LogP contribution >= 0.6 is 11.6 Å². The molecule has 0 fully saturated rings. The molecular weight excluding hydrogens is 176 g/mol. The first-order valence-electron chi connectivity index (χ1n) is 2.95. The second-order valence-corrected chi connectivity index (χ2v) is 5.18. The second kappa shape index (κ2) is 3.55. The van der Waals surface area contributed by atoms with Crippen molar-refractivity contribution < 1.29 is 13.5 Å². The van der Waals surface area contributed by atoms with Gasteiger partial charge in [-0.15, -0.1) is 11.6 Å². The Balaban J connectivity index is 4.35. The van der Waals surface area contributed by atoms with Crippen LogP contribution in [0.2, 0.25) is 0 Å². The highest BCUT2D eigenvalue weighted by molar-refractivity contribution is 7.93. The Morgan fingerprint density at radius 3 is 2.10 bits per heavy atom. The fourth-order valence-corrected chi connectivity index (χ4v) is 1.76. The molecule has 0 aliphatic rings. The average molecular weight is 187 g/mol. The zero-order valence-corrected chi connectivity index (χ0v) is 7.48. The quantitative estimate of drug-likeness (QED) is 0.648. The number of halogens is 1. The SMILES string of the molecule is CCS(=O)(=O)[C@@H](Cl)[C@H](C)O. The lowest BCUT2D eigenvalue weighted by molar-refractivity contribution is 0.208. The van der Waals surface area contributed by atoms with Crippen LogP contribution < -0.4 is 0 Å². The van der Waals surface area contributed by atoms with Gasteiger partial charge in [-0.05, 0) is 6.92 Å².